The molecule has 0 atom stereocenters. The van der Waals surface area contributed by atoms with Crippen LogP contribution in [0.5, 0.6) is 0 Å². The second-order valence-electron chi connectivity index (χ2n) is 5.79. The van der Waals surface area contributed by atoms with Crippen LogP contribution in [0.1, 0.15) is 36.1 Å². The second kappa shape index (κ2) is 9.00. The van der Waals surface area contributed by atoms with Crippen LogP contribution in [0.4, 0.5) is 10.6 Å². The molecular formula is C17H25N5O3. The number of carbonyl (C=O) groups excluding carboxylic acids is 2. The summed E-state index contributed by atoms with van der Waals surface area (Å²) in [5.41, 5.74) is 0.326. The number of aromatic nitrogens is 2. The lowest BCUT2D eigenvalue weighted by molar-refractivity contribution is 0.0856. The molecule has 1 aromatic heterocycles. The maximum atomic E-state index is 12.5. The smallest absolute Gasteiger partial charge is 0.409 e. The van der Waals surface area contributed by atoms with E-state index in [0.29, 0.717) is 56.4 Å². The van der Waals surface area contributed by atoms with Crippen molar-refractivity contribution in [3.63, 3.8) is 0 Å². The number of aryl methyl sites for hydroxylation is 1. The molecule has 0 radical (unpaired) electrons. The van der Waals surface area contributed by atoms with Gasteiger partial charge in [-0.2, -0.15) is 0 Å². The lowest BCUT2D eigenvalue weighted by atomic mass is 10.1. The van der Waals surface area contributed by atoms with Crippen LogP contribution in [0, 0.1) is 6.92 Å². The Hall–Kier alpha value is -2.64. The third-order valence-corrected chi connectivity index (χ3v) is 3.85. The van der Waals surface area contributed by atoms with Crippen LogP contribution in [-0.2, 0) is 4.74 Å². The molecule has 25 heavy (non-hydrogen) atoms. The molecule has 1 aliphatic rings. The summed E-state index contributed by atoms with van der Waals surface area (Å²) in [7, 11) is 0. The Morgan fingerprint density at radius 1 is 1.40 bits per heavy atom. The Bertz CT molecular complexity index is 627. The van der Waals surface area contributed by atoms with Crippen molar-refractivity contribution in [2.24, 2.45) is 0 Å². The van der Waals surface area contributed by atoms with Gasteiger partial charge in [-0.15, -0.1) is 6.58 Å². The van der Waals surface area contributed by atoms with Crippen molar-refractivity contribution in [2.45, 2.75) is 32.7 Å². The highest BCUT2D eigenvalue weighted by Gasteiger charge is 2.25. The molecule has 2 rings (SSSR count). The molecule has 8 nitrogen and oxygen atoms in total. The SMILES string of the molecule is C=CCNc1cc(C(=O)NC2CCN(C(=O)OCC)CC2)nc(C)n1. The summed E-state index contributed by atoms with van der Waals surface area (Å²) in [6.07, 6.45) is 2.80. The molecule has 0 bridgehead atoms. The van der Waals surface area contributed by atoms with E-state index in [2.05, 4.69) is 27.2 Å². The van der Waals surface area contributed by atoms with E-state index in [4.69, 9.17) is 4.74 Å². The van der Waals surface area contributed by atoms with Crippen molar-refractivity contribution in [3.05, 3.63) is 30.2 Å². The number of ether oxygens (including phenoxy) is 1. The van der Waals surface area contributed by atoms with Gasteiger partial charge in [0.25, 0.3) is 5.91 Å². The van der Waals surface area contributed by atoms with Crippen LogP contribution < -0.4 is 10.6 Å². The molecule has 2 heterocycles. The van der Waals surface area contributed by atoms with Gasteiger partial charge in [0.05, 0.1) is 6.61 Å². The summed E-state index contributed by atoms with van der Waals surface area (Å²) in [5.74, 6) is 0.882. The minimum absolute atomic E-state index is 0.0121. The number of hydrogen-bond acceptors (Lipinski definition) is 6. The Morgan fingerprint density at radius 2 is 2.12 bits per heavy atom. The van der Waals surface area contributed by atoms with Gasteiger partial charge in [0, 0.05) is 31.7 Å². The summed E-state index contributed by atoms with van der Waals surface area (Å²) < 4.78 is 4.99. The predicted molar refractivity (Wildman–Crippen MR) is 94.5 cm³/mol. The minimum atomic E-state index is -0.295. The molecule has 0 unspecified atom stereocenters. The highest BCUT2D eigenvalue weighted by Crippen LogP contribution is 2.13. The monoisotopic (exact) mass is 347 g/mol. The Labute approximate surface area is 147 Å². The standard InChI is InChI=1S/C17H25N5O3/c1-4-8-18-15-11-14(19-12(3)20-15)16(23)21-13-6-9-22(10-7-13)17(24)25-5-2/h4,11,13H,1,5-10H2,2-3H3,(H,21,23)(H,18,19,20). The second-order valence-corrected chi connectivity index (χ2v) is 5.79. The van der Waals surface area contributed by atoms with Crippen molar-refractivity contribution >= 4 is 17.8 Å². The summed E-state index contributed by atoms with van der Waals surface area (Å²) >= 11 is 0. The maximum absolute atomic E-state index is 12.5. The molecule has 0 aromatic carbocycles. The number of rotatable bonds is 6. The van der Waals surface area contributed by atoms with Crippen LogP contribution in [0.2, 0.25) is 0 Å². The van der Waals surface area contributed by atoms with Crippen molar-refractivity contribution in [2.75, 3.05) is 31.6 Å². The first-order valence-corrected chi connectivity index (χ1v) is 8.46. The third kappa shape index (κ3) is 5.44. The van der Waals surface area contributed by atoms with Gasteiger partial charge >= 0.3 is 6.09 Å². The number of nitrogens with one attached hydrogen (secondary N) is 2. The topological polar surface area (TPSA) is 96.5 Å². The average molecular weight is 347 g/mol. The highest BCUT2D eigenvalue weighted by molar-refractivity contribution is 5.93. The first kappa shape index (κ1) is 18.7. The Balaban J connectivity index is 1.91. The normalized spacial score (nSPS) is 14.7. The number of amides is 2. The summed E-state index contributed by atoms with van der Waals surface area (Å²) in [6.45, 7) is 9.23. The lowest BCUT2D eigenvalue weighted by Gasteiger charge is -2.31. The van der Waals surface area contributed by atoms with Crippen LogP contribution in [0.3, 0.4) is 0 Å². The molecule has 0 saturated carbocycles. The van der Waals surface area contributed by atoms with Crippen LogP contribution in [0.25, 0.3) is 0 Å². The number of anilines is 1. The van der Waals surface area contributed by atoms with Gasteiger partial charge < -0.3 is 20.3 Å². The van der Waals surface area contributed by atoms with Gasteiger partial charge in [-0.25, -0.2) is 14.8 Å². The van der Waals surface area contributed by atoms with Crippen molar-refractivity contribution in [3.8, 4) is 0 Å². The summed E-state index contributed by atoms with van der Waals surface area (Å²) in [6, 6.07) is 1.64. The minimum Gasteiger partial charge on any atom is -0.450 e. The van der Waals surface area contributed by atoms with Gasteiger partial charge in [0.1, 0.15) is 17.3 Å². The molecule has 1 fully saturated rings. The van der Waals surface area contributed by atoms with Gasteiger partial charge in [-0.1, -0.05) is 6.08 Å². The summed E-state index contributed by atoms with van der Waals surface area (Å²) in [5, 5.41) is 6.04. The fourth-order valence-corrected chi connectivity index (χ4v) is 2.63. The van der Waals surface area contributed by atoms with Gasteiger partial charge in [0.15, 0.2) is 0 Å². The zero-order valence-electron chi connectivity index (χ0n) is 14.7. The van der Waals surface area contributed by atoms with Crippen LogP contribution >= 0.6 is 0 Å². The molecule has 1 saturated heterocycles. The quantitative estimate of drug-likeness (QED) is 0.761. The van der Waals surface area contributed by atoms with Gasteiger partial charge in [-0.05, 0) is 26.7 Å². The van der Waals surface area contributed by atoms with Crippen molar-refractivity contribution < 1.29 is 14.3 Å². The van der Waals surface area contributed by atoms with Crippen LogP contribution in [-0.4, -0.2) is 59.2 Å². The van der Waals surface area contributed by atoms with Crippen LogP contribution in [0.15, 0.2) is 18.7 Å². The molecule has 2 amide bonds. The number of nitrogens with zero attached hydrogens (tertiary/aromatic N) is 3. The molecule has 0 aliphatic carbocycles. The van der Waals surface area contributed by atoms with Gasteiger partial charge in [-0.3, -0.25) is 4.79 Å². The highest BCUT2D eigenvalue weighted by atomic mass is 16.6. The lowest BCUT2D eigenvalue weighted by Crippen LogP contribution is -2.46. The molecule has 1 aromatic rings. The zero-order valence-corrected chi connectivity index (χ0v) is 14.7. The molecule has 0 spiro atoms. The maximum Gasteiger partial charge on any atom is 0.409 e. The van der Waals surface area contributed by atoms with Crippen molar-refractivity contribution in [1.29, 1.82) is 0 Å². The molecule has 1 aliphatic heterocycles. The van der Waals surface area contributed by atoms with E-state index in [1.165, 1.54) is 0 Å². The van der Waals surface area contributed by atoms with Gasteiger partial charge in [0.2, 0.25) is 0 Å². The summed E-state index contributed by atoms with van der Waals surface area (Å²) in [4.78, 5) is 34.3. The predicted octanol–water partition coefficient (Wildman–Crippen LogP) is 1.73. The number of likely N-dealkylation sites (tertiary alicyclic amines) is 1. The molecular weight excluding hydrogens is 322 g/mol. The average Bonchev–Trinajstić information content (AvgIpc) is 2.60. The van der Waals surface area contributed by atoms with Crippen molar-refractivity contribution in [1.82, 2.24) is 20.2 Å². The van der Waals surface area contributed by atoms with E-state index < -0.39 is 0 Å². The zero-order chi connectivity index (χ0) is 18.2. The van der Waals surface area contributed by atoms with E-state index in [-0.39, 0.29) is 18.0 Å². The molecule has 2 N–H and O–H groups in total. The number of hydrogen-bond donors (Lipinski definition) is 2. The Kier molecular flexibility index (Phi) is 6.73. The van der Waals surface area contributed by atoms with E-state index in [9.17, 15) is 9.59 Å². The van der Waals surface area contributed by atoms with E-state index in [1.807, 2.05) is 0 Å². The van der Waals surface area contributed by atoms with E-state index in [1.54, 1.807) is 30.9 Å². The van der Waals surface area contributed by atoms with E-state index in [0.717, 1.165) is 0 Å². The van der Waals surface area contributed by atoms with E-state index >= 15 is 0 Å². The molecule has 8 heteroatoms. The third-order valence-electron chi connectivity index (χ3n) is 3.85. The molecule has 136 valence electrons. The Morgan fingerprint density at radius 3 is 2.76 bits per heavy atom. The first-order valence-electron chi connectivity index (χ1n) is 8.46. The number of piperidine rings is 1. The first-order chi connectivity index (χ1) is 12.0. The largest absolute Gasteiger partial charge is 0.450 e. The fourth-order valence-electron chi connectivity index (χ4n) is 2.63. The number of carbonyl (C=O) groups is 2. The fraction of sp³-hybridized carbons (Fsp3) is 0.529.